The van der Waals surface area contributed by atoms with Gasteiger partial charge in [0.1, 0.15) is 23.9 Å². The first kappa shape index (κ1) is 34.6. The van der Waals surface area contributed by atoms with Crippen LogP contribution in [0, 0.1) is 5.92 Å². The van der Waals surface area contributed by atoms with Crippen molar-refractivity contribution in [3.05, 3.63) is 53.6 Å². The van der Waals surface area contributed by atoms with E-state index in [1.807, 2.05) is 39.0 Å². The van der Waals surface area contributed by atoms with E-state index in [4.69, 9.17) is 14.2 Å². The lowest BCUT2D eigenvalue weighted by Crippen LogP contribution is -2.60. The van der Waals surface area contributed by atoms with Crippen LogP contribution in [0.2, 0.25) is 0 Å². The predicted octanol–water partition coefficient (Wildman–Crippen LogP) is 3.68. The Morgan fingerprint density at radius 1 is 1.07 bits per heavy atom. The van der Waals surface area contributed by atoms with Gasteiger partial charge in [-0.3, -0.25) is 19.2 Å². The summed E-state index contributed by atoms with van der Waals surface area (Å²) in [4.78, 5) is 53.8. The molecule has 2 atom stereocenters. The number of para-hydroxylation sites is 1. The van der Waals surface area contributed by atoms with Gasteiger partial charge in [-0.15, -0.1) is 0 Å². The molecule has 0 saturated heterocycles. The third kappa shape index (κ3) is 8.92. The number of carbonyl (C=O) groups is 4. The summed E-state index contributed by atoms with van der Waals surface area (Å²) in [6.07, 6.45) is 4.10. The van der Waals surface area contributed by atoms with Crippen LogP contribution >= 0.6 is 0 Å². The first-order chi connectivity index (χ1) is 22.2. The number of amides is 4. The average molecular weight is 637 g/mol. The summed E-state index contributed by atoms with van der Waals surface area (Å²) in [5.41, 5.74) is 0.298. The Kier molecular flexibility index (Phi) is 12.3. The second-order valence-electron chi connectivity index (χ2n) is 12.3. The van der Waals surface area contributed by atoms with Crippen molar-refractivity contribution in [3.63, 3.8) is 0 Å². The van der Waals surface area contributed by atoms with Crippen LogP contribution in [0.1, 0.15) is 81.6 Å². The molecule has 0 aromatic heterocycles. The monoisotopic (exact) mass is 636 g/mol. The Morgan fingerprint density at radius 2 is 1.83 bits per heavy atom. The van der Waals surface area contributed by atoms with Gasteiger partial charge in [-0.05, 0) is 74.8 Å². The van der Waals surface area contributed by atoms with Gasteiger partial charge < -0.3 is 35.5 Å². The number of hydrogen-bond donors (Lipinski definition) is 4. The minimum atomic E-state index is -1.01. The maximum atomic E-state index is 13.6. The van der Waals surface area contributed by atoms with Crippen molar-refractivity contribution >= 4 is 23.6 Å². The molecule has 4 N–H and O–H groups in total. The van der Waals surface area contributed by atoms with Crippen LogP contribution in [-0.4, -0.2) is 68.1 Å². The van der Waals surface area contributed by atoms with Gasteiger partial charge in [0.05, 0.1) is 25.3 Å². The Hall–Kier alpha value is -4.28. The maximum Gasteiger partial charge on any atom is 0.255 e. The maximum absolute atomic E-state index is 13.6. The standard InChI is InChI=1S/C35H48N4O7/c1-5-45-29-16-14-24(21-30(29)44-4)11-10-20-36-33(42)26-15-17-31(40)39-35(18-8-9-19-35)34(43)38-27(23(2)3)22-46-28-13-7-6-12-25(28)32(41)37-26/h6-7,12-14,16,21,23,26-27H,5,8-11,15,17-20,22H2,1-4H3,(H,36,42)(H,37,41)(H,38,43)(H,39,40)/t26-,27+/m0/s1. The van der Waals surface area contributed by atoms with Gasteiger partial charge in [0.15, 0.2) is 11.5 Å². The minimum absolute atomic E-state index is 0.0366. The van der Waals surface area contributed by atoms with Crippen LogP contribution in [0.5, 0.6) is 17.2 Å². The molecule has 1 saturated carbocycles. The zero-order valence-corrected chi connectivity index (χ0v) is 27.4. The number of benzene rings is 2. The number of rotatable bonds is 9. The molecule has 46 heavy (non-hydrogen) atoms. The normalized spacial score (nSPS) is 20.3. The van der Waals surface area contributed by atoms with Crippen molar-refractivity contribution in [3.8, 4) is 17.2 Å². The van der Waals surface area contributed by atoms with Crippen LogP contribution < -0.4 is 35.5 Å². The fraction of sp³-hybridized carbons (Fsp3) is 0.543. The molecule has 11 nitrogen and oxygen atoms in total. The third-order valence-corrected chi connectivity index (χ3v) is 8.69. The molecule has 4 rings (SSSR count). The summed E-state index contributed by atoms with van der Waals surface area (Å²) in [6, 6.07) is 11.3. The summed E-state index contributed by atoms with van der Waals surface area (Å²) >= 11 is 0. The van der Waals surface area contributed by atoms with Crippen LogP contribution in [0.25, 0.3) is 0 Å². The second-order valence-corrected chi connectivity index (χ2v) is 12.3. The van der Waals surface area contributed by atoms with Gasteiger partial charge in [-0.25, -0.2) is 0 Å². The molecule has 11 heteroatoms. The molecule has 2 aromatic rings. The van der Waals surface area contributed by atoms with Gasteiger partial charge in [-0.1, -0.05) is 44.9 Å². The summed E-state index contributed by atoms with van der Waals surface area (Å²) < 4.78 is 17.1. The van der Waals surface area contributed by atoms with E-state index >= 15 is 0 Å². The number of hydrogen-bond acceptors (Lipinski definition) is 7. The van der Waals surface area contributed by atoms with E-state index in [-0.39, 0.29) is 54.7 Å². The highest BCUT2D eigenvalue weighted by Crippen LogP contribution is 2.31. The highest BCUT2D eigenvalue weighted by atomic mass is 16.5. The number of aryl methyl sites for hydroxylation is 1. The molecule has 2 aromatic carbocycles. The molecule has 1 heterocycles. The van der Waals surface area contributed by atoms with Gasteiger partial charge >= 0.3 is 0 Å². The fourth-order valence-corrected chi connectivity index (χ4v) is 5.93. The van der Waals surface area contributed by atoms with E-state index in [1.165, 1.54) is 0 Å². The van der Waals surface area contributed by atoms with E-state index in [0.717, 1.165) is 18.4 Å². The number of ether oxygens (including phenoxy) is 3. The van der Waals surface area contributed by atoms with E-state index in [1.54, 1.807) is 31.4 Å². The lowest BCUT2D eigenvalue weighted by atomic mass is 9.94. The molecule has 1 aliphatic heterocycles. The molecule has 1 spiro atoms. The van der Waals surface area contributed by atoms with E-state index in [2.05, 4.69) is 21.3 Å². The van der Waals surface area contributed by atoms with Gasteiger partial charge in [0, 0.05) is 13.0 Å². The average Bonchev–Trinajstić information content (AvgIpc) is 3.52. The summed E-state index contributed by atoms with van der Waals surface area (Å²) in [6.45, 7) is 6.93. The van der Waals surface area contributed by atoms with Crippen molar-refractivity contribution in [1.82, 2.24) is 21.3 Å². The molecule has 0 bridgehead atoms. The Morgan fingerprint density at radius 3 is 2.54 bits per heavy atom. The van der Waals surface area contributed by atoms with E-state index in [0.29, 0.717) is 56.1 Å². The minimum Gasteiger partial charge on any atom is -0.493 e. The number of carbonyl (C=O) groups excluding carboxylic acids is 4. The lowest BCUT2D eigenvalue weighted by molar-refractivity contribution is -0.134. The first-order valence-electron chi connectivity index (χ1n) is 16.4. The van der Waals surface area contributed by atoms with Gasteiger partial charge in [-0.2, -0.15) is 0 Å². The van der Waals surface area contributed by atoms with E-state index < -0.39 is 17.5 Å². The summed E-state index contributed by atoms with van der Waals surface area (Å²) in [7, 11) is 1.60. The highest BCUT2D eigenvalue weighted by Gasteiger charge is 2.43. The third-order valence-electron chi connectivity index (χ3n) is 8.69. The Balaban J connectivity index is 1.48. The molecule has 1 fully saturated rings. The zero-order valence-electron chi connectivity index (χ0n) is 27.4. The summed E-state index contributed by atoms with van der Waals surface area (Å²) in [5.74, 6) is 0.298. The SMILES string of the molecule is CCOc1ccc(CCCNC(=O)[C@@H]2CCC(=O)NC3(CCCC3)C(=O)N[C@@H](C(C)C)COc3ccccc3C(=O)N2)cc1OC. The zero-order chi connectivity index (χ0) is 33.1. The highest BCUT2D eigenvalue weighted by molar-refractivity contribution is 6.00. The number of fused-ring (bicyclic) bond motifs is 1. The van der Waals surface area contributed by atoms with Crippen molar-refractivity contribution in [1.29, 1.82) is 0 Å². The molecule has 0 unspecified atom stereocenters. The lowest BCUT2D eigenvalue weighted by Gasteiger charge is -2.32. The molecular formula is C35H48N4O7. The Bertz CT molecular complexity index is 1370. The molecular weight excluding hydrogens is 588 g/mol. The largest absolute Gasteiger partial charge is 0.493 e. The van der Waals surface area contributed by atoms with Gasteiger partial charge in [0.25, 0.3) is 5.91 Å². The first-order valence-corrected chi connectivity index (χ1v) is 16.4. The second kappa shape index (κ2) is 16.3. The van der Waals surface area contributed by atoms with Crippen molar-refractivity contribution < 1.29 is 33.4 Å². The number of nitrogens with one attached hydrogen (secondary N) is 4. The van der Waals surface area contributed by atoms with Crippen LogP contribution in [0.15, 0.2) is 42.5 Å². The van der Waals surface area contributed by atoms with Crippen LogP contribution in [0.3, 0.4) is 0 Å². The van der Waals surface area contributed by atoms with Gasteiger partial charge in [0.2, 0.25) is 17.7 Å². The number of methoxy groups -OCH3 is 1. The molecule has 2 aliphatic rings. The van der Waals surface area contributed by atoms with Crippen molar-refractivity contribution in [2.75, 3.05) is 26.9 Å². The van der Waals surface area contributed by atoms with E-state index in [9.17, 15) is 19.2 Å². The molecule has 250 valence electrons. The Labute approximate surface area is 271 Å². The predicted molar refractivity (Wildman–Crippen MR) is 174 cm³/mol. The summed E-state index contributed by atoms with van der Waals surface area (Å²) in [5, 5.41) is 11.9. The topological polar surface area (TPSA) is 144 Å². The van der Waals surface area contributed by atoms with Crippen LogP contribution in [-0.2, 0) is 20.8 Å². The van der Waals surface area contributed by atoms with Crippen LogP contribution in [0.4, 0.5) is 0 Å². The molecule has 4 amide bonds. The fourth-order valence-electron chi connectivity index (χ4n) is 5.93. The molecule has 1 aliphatic carbocycles. The smallest absolute Gasteiger partial charge is 0.255 e. The van der Waals surface area contributed by atoms with Crippen molar-refractivity contribution in [2.24, 2.45) is 5.92 Å². The molecule has 0 radical (unpaired) electrons. The van der Waals surface area contributed by atoms with Crippen molar-refractivity contribution in [2.45, 2.75) is 89.8 Å². The quantitative estimate of drug-likeness (QED) is 0.308.